The second-order valence-electron chi connectivity index (χ2n) is 5.74. The third kappa shape index (κ3) is 4.25. The van der Waals surface area contributed by atoms with Crippen molar-refractivity contribution in [3.63, 3.8) is 0 Å². The smallest absolute Gasteiger partial charge is 0.185 e. The van der Waals surface area contributed by atoms with E-state index in [9.17, 15) is 9.18 Å². The standard InChI is InChI=1S/C20H20FNO3/c1-24-17-4-2-3-15(13-17)5-8-20(23)16-6-7-19(18(21)14-16)22-9-11-25-12-10-22/h2-8,13-14H,9-12H2,1H3/b8-5-. The van der Waals surface area contributed by atoms with Crippen molar-refractivity contribution in [2.45, 2.75) is 0 Å². The molecule has 25 heavy (non-hydrogen) atoms. The van der Waals surface area contributed by atoms with Gasteiger partial charge in [-0.1, -0.05) is 18.2 Å². The maximum absolute atomic E-state index is 14.4. The number of carbonyl (C=O) groups is 1. The number of anilines is 1. The highest BCUT2D eigenvalue weighted by Crippen LogP contribution is 2.22. The second kappa shape index (κ2) is 7.94. The molecule has 0 spiro atoms. The number of benzene rings is 2. The fourth-order valence-electron chi connectivity index (χ4n) is 2.73. The van der Waals surface area contributed by atoms with Gasteiger partial charge in [0.15, 0.2) is 5.78 Å². The molecule has 1 saturated heterocycles. The Kier molecular flexibility index (Phi) is 5.46. The van der Waals surface area contributed by atoms with E-state index in [2.05, 4.69) is 0 Å². The van der Waals surface area contributed by atoms with E-state index in [-0.39, 0.29) is 11.6 Å². The van der Waals surface area contributed by atoms with Gasteiger partial charge in [0.25, 0.3) is 0 Å². The highest BCUT2D eigenvalue weighted by molar-refractivity contribution is 6.07. The number of ketones is 1. The van der Waals surface area contributed by atoms with Gasteiger partial charge in [0, 0.05) is 18.7 Å². The minimum Gasteiger partial charge on any atom is -0.497 e. The van der Waals surface area contributed by atoms with Crippen LogP contribution >= 0.6 is 0 Å². The normalized spacial score (nSPS) is 14.7. The van der Waals surface area contributed by atoms with Crippen molar-refractivity contribution in [1.29, 1.82) is 0 Å². The summed E-state index contributed by atoms with van der Waals surface area (Å²) in [5.74, 6) is 0.0910. The molecule has 4 nitrogen and oxygen atoms in total. The first kappa shape index (κ1) is 17.2. The van der Waals surface area contributed by atoms with Gasteiger partial charge in [0.05, 0.1) is 26.0 Å². The Morgan fingerprint density at radius 2 is 2.00 bits per heavy atom. The minimum absolute atomic E-state index is 0.241. The van der Waals surface area contributed by atoms with Crippen LogP contribution in [0.5, 0.6) is 5.75 Å². The fraction of sp³-hybridized carbons (Fsp3) is 0.250. The summed E-state index contributed by atoms with van der Waals surface area (Å²) in [6, 6.07) is 12.0. The van der Waals surface area contributed by atoms with E-state index in [1.807, 2.05) is 29.2 Å². The maximum atomic E-state index is 14.4. The van der Waals surface area contributed by atoms with Crippen LogP contribution in [0.3, 0.4) is 0 Å². The van der Waals surface area contributed by atoms with Gasteiger partial charge in [-0.3, -0.25) is 4.79 Å². The fourth-order valence-corrected chi connectivity index (χ4v) is 2.73. The van der Waals surface area contributed by atoms with Crippen molar-refractivity contribution in [1.82, 2.24) is 0 Å². The molecule has 0 aliphatic carbocycles. The number of hydrogen-bond acceptors (Lipinski definition) is 4. The van der Waals surface area contributed by atoms with Crippen LogP contribution < -0.4 is 9.64 Å². The lowest BCUT2D eigenvalue weighted by atomic mass is 10.1. The quantitative estimate of drug-likeness (QED) is 0.616. The summed E-state index contributed by atoms with van der Waals surface area (Å²) in [6.07, 6.45) is 3.14. The van der Waals surface area contributed by atoms with Crippen molar-refractivity contribution >= 4 is 17.5 Å². The van der Waals surface area contributed by atoms with E-state index >= 15 is 0 Å². The molecular formula is C20H20FNO3. The van der Waals surface area contributed by atoms with Gasteiger partial charge in [-0.05, 0) is 42.0 Å². The van der Waals surface area contributed by atoms with Crippen molar-refractivity contribution in [3.8, 4) is 5.75 Å². The second-order valence-corrected chi connectivity index (χ2v) is 5.74. The van der Waals surface area contributed by atoms with Crippen molar-refractivity contribution in [2.75, 3.05) is 38.3 Å². The first-order valence-electron chi connectivity index (χ1n) is 8.16. The zero-order valence-electron chi connectivity index (χ0n) is 14.1. The molecule has 5 heteroatoms. The van der Waals surface area contributed by atoms with Crippen LogP contribution in [0.25, 0.3) is 6.08 Å². The van der Waals surface area contributed by atoms with Crippen LogP contribution in [0.15, 0.2) is 48.5 Å². The average Bonchev–Trinajstić information content (AvgIpc) is 2.67. The largest absolute Gasteiger partial charge is 0.497 e. The lowest BCUT2D eigenvalue weighted by Gasteiger charge is -2.29. The molecule has 1 aliphatic heterocycles. The molecule has 0 atom stereocenters. The molecule has 0 radical (unpaired) electrons. The summed E-state index contributed by atoms with van der Waals surface area (Å²) in [5, 5.41) is 0. The summed E-state index contributed by atoms with van der Waals surface area (Å²) < 4.78 is 24.8. The Morgan fingerprint density at radius 1 is 1.20 bits per heavy atom. The summed E-state index contributed by atoms with van der Waals surface area (Å²) in [5.41, 5.74) is 1.68. The molecule has 0 unspecified atom stereocenters. The van der Waals surface area contributed by atoms with Crippen molar-refractivity contribution in [3.05, 3.63) is 65.5 Å². The number of nitrogens with zero attached hydrogens (tertiary/aromatic N) is 1. The molecular weight excluding hydrogens is 321 g/mol. The molecule has 1 aliphatic rings. The molecule has 0 aromatic heterocycles. The molecule has 2 aromatic rings. The third-order valence-corrected chi connectivity index (χ3v) is 4.10. The molecule has 0 N–H and O–H groups in total. The van der Waals surface area contributed by atoms with E-state index in [0.717, 1.165) is 11.3 Å². The molecule has 0 saturated carbocycles. The number of allylic oxidation sites excluding steroid dienone is 1. The Hall–Kier alpha value is -2.66. The number of hydrogen-bond donors (Lipinski definition) is 0. The van der Waals surface area contributed by atoms with Gasteiger partial charge in [-0.2, -0.15) is 0 Å². The van der Waals surface area contributed by atoms with Crippen LogP contribution in [0, 0.1) is 5.82 Å². The van der Waals surface area contributed by atoms with E-state index in [1.54, 1.807) is 25.3 Å². The van der Waals surface area contributed by atoms with Crippen LogP contribution in [0.2, 0.25) is 0 Å². The average molecular weight is 341 g/mol. The molecule has 130 valence electrons. The predicted octanol–water partition coefficient (Wildman–Crippen LogP) is 3.57. The molecule has 0 bridgehead atoms. The van der Waals surface area contributed by atoms with Crippen molar-refractivity contribution < 1.29 is 18.7 Å². The maximum Gasteiger partial charge on any atom is 0.185 e. The van der Waals surface area contributed by atoms with Gasteiger partial charge in [-0.15, -0.1) is 0 Å². The van der Waals surface area contributed by atoms with Crippen LogP contribution in [0.4, 0.5) is 10.1 Å². The summed E-state index contributed by atoms with van der Waals surface area (Å²) >= 11 is 0. The molecule has 1 heterocycles. The first-order chi connectivity index (χ1) is 12.2. The lowest BCUT2D eigenvalue weighted by Crippen LogP contribution is -2.36. The first-order valence-corrected chi connectivity index (χ1v) is 8.16. The summed E-state index contributed by atoms with van der Waals surface area (Å²) in [7, 11) is 1.59. The number of carbonyl (C=O) groups excluding carboxylic acids is 1. The zero-order chi connectivity index (χ0) is 17.6. The summed E-state index contributed by atoms with van der Waals surface area (Å²) in [6.45, 7) is 2.48. The number of ether oxygens (including phenoxy) is 2. The van der Waals surface area contributed by atoms with E-state index in [4.69, 9.17) is 9.47 Å². The Balaban J connectivity index is 1.73. The van der Waals surface area contributed by atoms with E-state index in [1.165, 1.54) is 12.1 Å². The van der Waals surface area contributed by atoms with Crippen LogP contribution in [-0.2, 0) is 4.74 Å². The molecule has 0 amide bonds. The number of morpholine rings is 1. The van der Waals surface area contributed by atoms with Gasteiger partial charge in [-0.25, -0.2) is 4.39 Å². The number of halogens is 1. The van der Waals surface area contributed by atoms with Gasteiger partial charge in [0.2, 0.25) is 0 Å². The third-order valence-electron chi connectivity index (χ3n) is 4.10. The lowest BCUT2D eigenvalue weighted by molar-refractivity contribution is 0.104. The van der Waals surface area contributed by atoms with Crippen molar-refractivity contribution in [2.24, 2.45) is 0 Å². The van der Waals surface area contributed by atoms with E-state index < -0.39 is 0 Å². The zero-order valence-corrected chi connectivity index (χ0v) is 14.1. The number of methoxy groups -OCH3 is 1. The van der Waals surface area contributed by atoms with Gasteiger partial charge in [0.1, 0.15) is 11.6 Å². The Morgan fingerprint density at radius 3 is 2.72 bits per heavy atom. The SMILES string of the molecule is COc1cccc(/C=C\C(=O)c2ccc(N3CCOCC3)c(F)c2)c1. The Labute approximate surface area is 146 Å². The van der Waals surface area contributed by atoms with Gasteiger partial charge < -0.3 is 14.4 Å². The topological polar surface area (TPSA) is 38.8 Å². The Bertz CT molecular complexity index is 782. The highest BCUT2D eigenvalue weighted by atomic mass is 19.1. The van der Waals surface area contributed by atoms with Crippen LogP contribution in [0.1, 0.15) is 15.9 Å². The molecule has 2 aromatic carbocycles. The minimum atomic E-state index is -0.387. The molecule has 1 fully saturated rings. The predicted molar refractivity (Wildman–Crippen MR) is 95.8 cm³/mol. The highest BCUT2D eigenvalue weighted by Gasteiger charge is 2.16. The summed E-state index contributed by atoms with van der Waals surface area (Å²) in [4.78, 5) is 14.2. The number of rotatable bonds is 5. The van der Waals surface area contributed by atoms with Crippen LogP contribution in [-0.4, -0.2) is 39.2 Å². The van der Waals surface area contributed by atoms with Gasteiger partial charge >= 0.3 is 0 Å². The monoisotopic (exact) mass is 341 g/mol. The molecule has 3 rings (SSSR count). The van der Waals surface area contributed by atoms with E-state index in [0.29, 0.717) is 37.6 Å².